The average Bonchev–Trinajstić information content (AvgIpc) is 3.04. The van der Waals surface area contributed by atoms with Crippen LogP contribution in [0.15, 0.2) is 30.3 Å². The average molecular weight is 436 g/mol. The maximum atomic E-state index is 13.1. The summed E-state index contributed by atoms with van der Waals surface area (Å²) in [6, 6.07) is 9.62. The molecule has 1 N–H and O–H groups in total. The molecule has 0 radical (unpaired) electrons. The molecule has 9 heteroatoms. The highest BCUT2D eigenvalue weighted by Gasteiger charge is 2.27. The number of ether oxygens (including phenoxy) is 1. The van der Waals surface area contributed by atoms with Crippen molar-refractivity contribution in [3.05, 3.63) is 53.0 Å². The van der Waals surface area contributed by atoms with Gasteiger partial charge in [-0.15, -0.1) is 0 Å². The van der Waals surface area contributed by atoms with Crippen LogP contribution in [-0.4, -0.2) is 63.8 Å². The minimum Gasteiger partial charge on any atom is -0.497 e. The van der Waals surface area contributed by atoms with E-state index < -0.39 is 0 Å². The third-order valence-electron chi connectivity index (χ3n) is 5.78. The van der Waals surface area contributed by atoms with Crippen LogP contribution in [0.4, 0.5) is 17.5 Å². The molecule has 0 unspecified atom stereocenters. The molecule has 2 aromatic heterocycles. The van der Waals surface area contributed by atoms with Gasteiger partial charge in [-0.25, -0.2) is 4.98 Å². The van der Waals surface area contributed by atoms with Crippen molar-refractivity contribution in [1.29, 1.82) is 0 Å². The Labute approximate surface area is 188 Å². The van der Waals surface area contributed by atoms with Crippen molar-refractivity contribution in [2.24, 2.45) is 7.05 Å². The van der Waals surface area contributed by atoms with Gasteiger partial charge in [0.05, 0.1) is 18.4 Å². The van der Waals surface area contributed by atoms with Gasteiger partial charge in [-0.3, -0.25) is 9.48 Å². The van der Waals surface area contributed by atoms with Crippen LogP contribution < -0.4 is 15.0 Å². The number of carbonyl (C=O) groups excluding carboxylic acids is 1. The Bertz CT molecular complexity index is 1120. The van der Waals surface area contributed by atoms with Crippen LogP contribution in [0.5, 0.6) is 5.75 Å². The Morgan fingerprint density at radius 3 is 2.31 bits per heavy atom. The molecule has 1 amide bonds. The Hall–Kier alpha value is -3.62. The van der Waals surface area contributed by atoms with Crippen molar-refractivity contribution in [2.75, 3.05) is 43.5 Å². The molecule has 0 bridgehead atoms. The van der Waals surface area contributed by atoms with Gasteiger partial charge in [-0.2, -0.15) is 10.1 Å². The van der Waals surface area contributed by atoms with Gasteiger partial charge >= 0.3 is 0 Å². The van der Waals surface area contributed by atoms with Crippen LogP contribution in [0.2, 0.25) is 0 Å². The van der Waals surface area contributed by atoms with Crippen molar-refractivity contribution in [2.45, 2.75) is 20.8 Å². The second-order valence-electron chi connectivity index (χ2n) is 8.00. The number of benzene rings is 1. The van der Waals surface area contributed by atoms with E-state index in [4.69, 9.17) is 9.72 Å². The molecule has 32 heavy (non-hydrogen) atoms. The fourth-order valence-corrected chi connectivity index (χ4v) is 3.93. The van der Waals surface area contributed by atoms with E-state index in [9.17, 15) is 4.79 Å². The number of aryl methyl sites for hydroxylation is 3. The predicted molar refractivity (Wildman–Crippen MR) is 124 cm³/mol. The first-order chi connectivity index (χ1) is 15.4. The highest BCUT2D eigenvalue weighted by Crippen LogP contribution is 2.22. The topological polar surface area (TPSA) is 88.4 Å². The Kier molecular flexibility index (Phi) is 5.98. The predicted octanol–water partition coefficient (Wildman–Crippen LogP) is 2.85. The Morgan fingerprint density at radius 2 is 1.72 bits per heavy atom. The van der Waals surface area contributed by atoms with Crippen molar-refractivity contribution < 1.29 is 9.53 Å². The van der Waals surface area contributed by atoms with Gasteiger partial charge in [-0.05, 0) is 45.0 Å². The summed E-state index contributed by atoms with van der Waals surface area (Å²) >= 11 is 0. The third-order valence-corrected chi connectivity index (χ3v) is 5.78. The van der Waals surface area contributed by atoms with Gasteiger partial charge in [0.2, 0.25) is 5.95 Å². The number of hydrogen-bond donors (Lipinski definition) is 1. The number of hydrogen-bond acceptors (Lipinski definition) is 7. The summed E-state index contributed by atoms with van der Waals surface area (Å²) in [4.78, 5) is 26.4. The third kappa shape index (κ3) is 4.37. The Morgan fingerprint density at radius 1 is 1.03 bits per heavy atom. The first-order valence-corrected chi connectivity index (χ1v) is 10.7. The summed E-state index contributed by atoms with van der Waals surface area (Å²) in [6.07, 6.45) is 0. The monoisotopic (exact) mass is 435 g/mol. The maximum absolute atomic E-state index is 13.1. The number of piperazine rings is 1. The second-order valence-corrected chi connectivity index (χ2v) is 8.00. The van der Waals surface area contributed by atoms with E-state index in [-0.39, 0.29) is 5.91 Å². The van der Waals surface area contributed by atoms with Crippen LogP contribution in [0, 0.1) is 20.8 Å². The molecule has 0 saturated carbocycles. The smallest absolute Gasteiger partial charge is 0.257 e. The SMILES string of the molecule is COc1ccc(Nc2cc(C)nc(N3CCN(C(=O)c4c(C)nn(C)c4C)CC3)n2)cc1. The molecule has 168 valence electrons. The molecule has 1 aliphatic heterocycles. The molecule has 0 aliphatic carbocycles. The number of rotatable bonds is 5. The van der Waals surface area contributed by atoms with E-state index in [0.717, 1.165) is 34.3 Å². The minimum atomic E-state index is 0.0415. The summed E-state index contributed by atoms with van der Waals surface area (Å²) in [7, 11) is 3.51. The van der Waals surface area contributed by atoms with E-state index in [0.29, 0.717) is 37.7 Å². The van der Waals surface area contributed by atoms with E-state index in [1.54, 1.807) is 11.8 Å². The number of amides is 1. The van der Waals surface area contributed by atoms with Gasteiger partial charge in [0, 0.05) is 56.4 Å². The van der Waals surface area contributed by atoms with Gasteiger partial charge < -0.3 is 19.9 Å². The summed E-state index contributed by atoms with van der Waals surface area (Å²) in [5, 5.41) is 7.71. The lowest BCUT2D eigenvalue weighted by Gasteiger charge is -2.35. The van der Waals surface area contributed by atoms with Gasteiger partial charge in [0.1, 0.15) is 11.6 Å². The summed E-state index contributed by atoms with van der Waals surface area (Å²) in [5.74, 6) is 2.25. The van der Waals surface area contributed by atoms with E-state index in [1.807, 2.05) is 63.1 Å². The molecule has 0 spiro atoms. The highest BCUT2D eigenvalue weighted by molar-refractivity contribution is 5.96. The fraction of sp³-hybridized carbons (Fsp3) is 0.391. The van der Waals surface area contributed by atoms with Crippen molar-refractivity contribution >= 4 is 23.4 Å². The number of aromatic nitrogens is 4. The van der Waals surface area contributed by atoms with Crippen LogP contribution in [0.25, 0.3) is 0 Å². The minimum absolute atomic E-state index is 0.0415. The summed E-state index contributed by atoms with van der Waals surface area (Å²) < 4.78 is 6.97. The van der Waals surface area contributed by atoms with Gasteiger partial charge in [-0.1, -0.05) is 0 Å². The molecule has 1 aromatic carbocycles. The molecule has 1 fully saturated rings. The van der Waals surface area contributed by atoms with Crippen molar-refractivity contribution in [1.82, 2.24) is 24.6 Å². The number of nitrogens with zero attached hydrogens (tertiary/aromatic N) is 6. The molecule has 1 aliphatic rings. The van der Waals surface area contributed by atoms with Crippen LogP contribution in [0.3, 0.4) is 0 Å². The number of nitrogens with one attached hydrogen (secondary N) is 1. The van der Waals surface area contributed by atoms with E-state index >= 15 is 0 Å². The molecule has 4 rings (SSSR count). The number of methoxy groups -OCH3 is 1. The summed E-state index contributed by atoms with van der Waals surface area (Å²) in [6.45, 7) is 8.36. The van der Waals surface area contributed by atoms with Crippen molar-refractivity contribution in [3.63, 3.8) is 0 Å². The zero-order valence-corrected chi connectivity index (χ0v) is 19.2. The second kappa shape index (κ2) is 8.86. The maximum Gasteiger partial charge on any atom is 0.257 e. The van der Waals surface area contributed by atoms with Crippen LogP contribution in [0.1, 0.15) is 27.4 Å². The zero-order chi connectivity index (χ0) is 22.8. The lowest BCUT2D eigenvalue weighted by Crippen LogP contribution is -2.49. The van der Waals surface area contributed by atoms with Gasteiger partial charge in [0.15, 0.2) is 0 Å². The van der Waals surface area contributed by atoms with Crippen LogP contribution >= 0.6 is 0 Å². The highest BCUT2D eigenvalue weighted by atomic mass is 16.5. The van der Waals surface area contributed by atoms with Crippen molar-refractivity contribution in [3.8, 4) is 5.75 Å². The number of carbonyl (C=O) groups is 1. The fourth-order valence-electron chi connectivity index (χ4n) is 3.93. The molecule has 1 saturated heterocycles. The molecular weight excluding hydrogens is 406 g/mol. The molecule has 0 atom stereocenters. The molecule has 3 aromatic rings. The van der Waals surface area contributed by atoms with E-state index in [2.05, 4.69) is 20.3 Å². The standard InChI is InChI=1S/C23H29N7O2/c1-15-14-20(25-18-6-8-19(32-5)9-7-18)26-23(24-15)30-12-10-29(11-13-30)22(31)21-16(2)27-28(4)17(21)3/h6-9,14H,10-13H2,1-5H3,(H,24,25,26). The first-order valence-electron chi connectivity index (χ1n) is 10.7. The number of anilines is 3. The van der Waals surface area contributed by atoms with Gasteiger partial charge in [0.25, 0.3) is 5.91 Å². The lowest BCUT2D eigenvalue weighted by molar-refractivity contribution is 0.0744. The molecular formula is C23H29N7O2. The first kappa shape index (κ1) is 21.6. The largest absolute Gasteiger partial charge is 0.497 e. The van der Waals surface area contributed by atoms with Crippen LogP contribution in [-0.2, 0) is 7.05 Å². The molecule has 9 nitrogen and oxygen atoms in total. The lowest BCUT2D eigenvalue weighted by atomic mass is 10.1. The zero-order valence-electron chi connectivity index (χ0n) is 19.2. The quantitative estimate of drug-likeness (QED) is 0.659. The normalized spacial score (nSPS) is 13.9. The Balaban J connectivity index is 1.44. The summed E-state index contributed by atoms with van der Waals surface area (Å²) in [5.41, 5.74) is 4.18. The van der Waals surface area contributed by atoms with E-state index in [1.165, 1.54) is 0 Å². The molecule has 3 heterocycles.